The van der Waals surface area contributed by atoms with Crippen molar-refractivity contribution in [1.29, 1.82) is 0 Å². The maximum Gasteiger partial charge on any atom is 0.309 e. The summed E-state index contributed by atoms with van der Waals surface area (Å²) in [6, 6.07) is 7.77. The van der Waals surface area contributed by atoms with E-state index in [4.69, 9.17) is 4.74 Å². The molecule has 2 aromatic heterocycles. The normalized spacial score (nSPS) is 16.7. The van der Waals surface area contributed by atoms with Crippen molar-refractivity contribution in [3.63, 3.8) is 0 Å². The van der Waals surface area contributed by atoms with Crippen molar-refractivity contribution in [2.75, 3.05) is 19.7 Å². The Hall–Kier alpha value is -1.26. The molecule has 0 spiro atoms. The molecule has 9 heteroatoms. The van der Waals surface area contributed by atoms with E-state index in [2.05, 4.69) is 0 Å². The van der Waals surface area contributed by atoms with Crippen LogP contribution in [0.4, 0.5) is 0 Å². The van der Waals surface area contributed by atoms with Crippen LogP contribution < -0.4 is 0 Å². The van der Waals surface area contributed by atoms with Gasteiger partial charge in [0.15, 0.2) is 0 Å². The Bertz CT molecular complexity index is 775. The van der Waals surface area contributed by atoms with Gasteiger partial charge in [-0.2, -0.15) is 17.0 Å². The number of hydrogen-bond acceptors (Lipinski definition) is 6. The molecule has 0 unspecified atom stereocenters. The van der Waals surface area contributed by atoms with E-state index < -0.39 is 10.2 Å². The van der Waals surface area contributed by atoms with Gasteiger partial charge in [-0.25, -0.2) is 0 Å². The molecule has 6 nitrogen and oxygen atoms in total. The molecule has 1 saturated heterocycles. The second kappa shape index (κ2) is 9.29. The minimum Gasteiger partial charge on any atom is -0.466 e. The second-order valence-corrected chi connectivity index (χ2v) is 10.4. The number of carbonyl (C=O) groups is 1. The van der Waals surface area contributed by atoms with Crippen molar-refractivity contribution >= 4 is 38.9 Å². The number of piperidine rings is 1. The van der Waals surface area contributed by atoms with Gasteiger partial charge in [0.1, 0.15) is 0 Å². The molecule has 0 bridgehead atoms. The van der Waals surface area contributed by atoms with Gasteiger partial charge in [0.05, 0.1) is 12.5 Å². The summed E-state index contributed by atoms with van der Waals surface area (Å²) >= 11 is 3.11. The summed E-state index contributed by atoms with van der Waals surface area (Å²) in [5.74, 6) is -0.428. The van der Waals surface area contributed by atoms with Crippen LogP contribution >= 0.6 is 22.7 Å². The topological polar surface area (TPSA) is 66.9 Å². The Balaban J connectivity index is 1.71. The first-order chi connectivity index (χ1) is 13.0. The van der Waals surface area contributed by atoms with E-state index >= 15 is 0 Å². The molecule has 0 atom stereocenters. The van der Waals surface area contributed by atoms with Crippen LogP contribution in [0.25, 0.3) is 0 Å². The largest absolute Gasteiger partial charge is 0.466 e. The van der Waals surface area contributed by atoms with Crippen LogP contribution in [-0.4, -0.2) is 42.7 Å². The minimum absolute atomic E-state index is 0.209. The summed E-state index contributed by atoms with van der Waals surface area (Å²) in [7, 11) is -3.61. The van der Waals surface area contributed by atoms with Gasteiger partial charge in [-0.15, -0.1) is 22.7 Å². The quantitative estimate of drug-likeness (QED) is 0.605. The van der Waals surface area contributed by atoms with Crippen molar-refractivity contribution in [2.45, 2.75) is 32.9 Å². The summed E-state index contributed by atoms with van der Waals surface area (Å²) in [5.41, 5.74) is 0. The fourth-order valence-electron chi connectivity index (χ4n) is 3.12. The van der Waals surface area contributed by atoms with Crippen LogP contribution in [0, 0.1) is 5.92 Å². The number of hydrogen-bond donors (Lipinski definition) is 0. The van der Waals surface area contributed by atoms with E-state index in [1.807, 2.05) is 35.0 Å². The summed E-state index contributed by atoms with van der Waals surface area (Å²) in [6.07, 6.45) is 1.01. The maximum atomic E-state index is 13.3. The number of thiophene rings is 2. The fraction of sp³-hybridized carbons (Fsp3) is 0.500. The predicted octanol–water partition coefficient (Wildman–Crippen LogP) is 3.33. The van der Waals surface area contributed by atoms with Gasteiger partial charge < -0.3 is 4.74 Å². The zero-order valence-electron chi connectivity index (χ0n) is 15.2. The number of ether oxygens (including phenoxy) is 1. The molecular formula is C18H24N2O4S3. The average molecular weight is 429 g/mol. The number of carbonyl (C=O) groups excluding carboxylic acids is 1. The van der Waals surface area contributed by atoms with Gasteiger partial charge in [0.2, 0.25) is 0 Å². The lowest BCUT2D eigenvalue weighted by Gasteiger charge is -2.34. The van der Waals surface area contributed by atoms with Gasteiger partial charge in [0.25, 0.3) is 10.2 Å². The van der Waals surface area contributed by atoms with E-state index in [0.717, 1.165) is 9.75 Å². The van der Waals surface area contributed by atoms with Crippen LogP contribution in [-0.2, 0) is 32.8 Å². The van der Waals surface area contributed by atoms with Crippen molar-refractivity contribution in [1.82, 2.24) is 8.61 Å². The van der Waals surface area contributed by atoms with Crippen LogP contribution in [0.3, 0.4) is 0 Å². The second-order valence-electron chi connectivity index (χ2n) is 6.36. The first-order valence-corrected chi connectivity index (χ1v) is 12.1. The predicted molar refractivity (Wildman–Crippen MR) is 108 cm³/mol. The van der Waals surface area contributed by atoms with Gasteiger partial charge in [-0.3, -0.25) is 4.79 Å². The average Bonchev–Trinajstić information content (AvgIpc) is 3.35. The van der Waals surface area contributed by atoms with Crippen LogP contribution in [0.15, 0.2) is 35.0 Å². The number of nitrogens with zero attached hydrogens (tertiary/aromatic N) is 2. The standard InChI is InChI=1S/C18H24N2O4S3/c1-2-24-18(21)15-7-9-19(10-8-15)27(22,23)20(13-16-5-3-11-25-16)14-17-6-4-12-26-17/h3-6,11-12,15H,2,7-10,13-14H2,1H3. The zero-order chi connectivity index (χ0) is 19.3. The molecule has 0 radical (unpaired) electrons. The maximum absolute atomic E-state index is 13.3. The van der Waals surface area contributed by atoms with Gasteiger partial charge in [-0.1, -0.05) is 12.1 Å². The Morgan fingerprint density at radius 2 is 1.70 bits per heavy atom. The fourth-order valence-corrected chi connectivity index (χ4v) is 6.32. The van der Waals surface area contributed by atoms with Crippen molar-refractivity contribution in [2.24, 2.45) is 5.92 Å². The summed E-state index contributed by atoms with van der Waals surface area (Å²) in [6.45, 7) is 3.54. The molecule has 1 fully saturated rings. The number of esters is 1. The Morgan fingerprint density at radius 1 is 1.15 bits per heavy atom. The zero-order valence-corrected chi connectivity index (χ0v) is 17.7. The van der Waals surface area contributed by atoms with Crippen LogP contribution in [0.5, 0.6) is 0 Å². The molecule has 3 heterocycles. The molecule has 0 N–H and O–H groups in total. The molecule has 2 aromatic rings. The van der Waals surface area contributed by atoms with Gasteiger partial charge in [-0.05, 0) is 42.7 Å². The Kier molecular flexibility index (Phi) is 7.04. The van der Waals surface area contributed by atoms with E-state index in [9.17, 15) is 13.2 Å². The molecule has 0 aromatic carbocycles. The third kappa shape index (κ3) is 5.17. The first kappa shape index (κ1) is 20.5. The monoisotopic (exact) mass is 428 g/mol. The molecule has 27 heavy (non-hydrogen) atoms. The molecule has 3 rings (SSSR count). The summed E-state index contributed by atoms with van der Waals surface area (Å²) in [5, 5.41) is 3.91. The molecule has 0 aliphatic carbocycles. The number of rotatable bonds is 8. The molecule has 1 aliphatic rings. The van der Waals surface area contributed by atoms with Gasteiger partial charge >= 0.3 is 5.97 Å². The highest BCUT2D eigenvalue weighted by molar-refractivity contribution is 7.86. The minimum atomic E-state index is -3.61. The van der Waals surface area contributed by atoms with Crippen molar-refractivity contribution in [3.05, 3.63) is 44.8 Å². The SMILES string of the molecule is CCOC(=O)C1CCN(S(=O)(=O)N(Cc2cccs2)Cc2cccs2)CC1. The summed E-state index contributed by atoms with van der Waals surface area (Å²) < 4.78 is 34.7. The van der Waals surface area contributed by atoms with E-state index in [0.29, 0.717) is 45.6 Å². The van der Waals surface area contributed by atoms with Gasteiger partial charge in [0, 0.05) is 35.9 Å². The summed E-state index contributed by atoms with van der Waals surface area (Å²) in [4.78, 5) is 13.9. The smallest absolute Gasteiger partial charge is 0.309 e. The van der Waals surface area contributed by atoms with Crippen molar-refractivity contribution < 1.29 is 17.9 Å². The molecule has 148 valence electrons. The lowest BCUT2D eigenvalue weighted by molar-refractivity contribution is -0.149. The molecule has 0 saturated carbocycles. The highest BCUT2D eigenvalue weighted by Crippen LogP contribution is 2.26. The van der Waals surface area contributed by atoms with Crippen LogP contribution in [0.1, 0.15) is 29.5 Å². The highest BCUT2D eigenvalue weighted by atomic mass is 32.2. The van der Waals surface area contributed by atoms with E-state index in [1.165, 1.54) is 8.61 Å². The molecule has 0 amide bonds. The third-order valence-corrected chi connectivity index (χ3v) is 8.20. The van der Waals surface area contributed by atoms with Crippen molar-refractivity contribution in [3.8, 4) is 0 Å². The Labute approximate surface area is 168 Å². The van der Waals surface area contributed by atoms with E-state index in [1.54, 1.807) is 29.6 Å². The molecule has 1 aliphatic heterocycles. The lowest BCUT2D eigenvalue weighted by atomic mass is 9.98. The van der Waals surface area contributed by atoms with Crippen LogP contribution in [0.2, 0.25) is 0 Å². The lowest BCUT2D eigenvalue weighted by Crippen LogP contribution is -2.47. The third-order valence-electron chi connectivity index (χ3n) is 4.55. The first-order valence-electron chi connectivity index (χ1n) is 8.97. The molecular weight excluding hydrogens is 404 g/mol. The Morgan fingerprint density at radius 3 is 2.15 bits per heavy atom. The van der Waals surface area contributed by atoms with E-state index in [-0.39, 0.29) is 11.9 Å². The highest BCUT2D eigenvalue weighted by Gasteiger charge is 2.35.